The Bertz CT molecular complexity index is 476. The van der Waals surface area contributed by atoms with Gasteiger partial charge in [-0.25, -0.2) is 0 Å². The molecule has 0 spiro atoms. The fraction of sp³-hybridized carbons (Fsp3) is 0.0769. The number of nitrogens with two attached hydrogens (primary N) is 1. The van der Waals surface area contributed by atoms with Crippen LogP contribution in [0.4, 0.5) is 5.69 Å². The van der Waals surface area contributed by atoms with E-state index in [9.17, 15) is 0 Å². The first-order chi connectivity index (χ1) is 7.75. The third-order valence-electron chi connectivity index (χ3n) is 2.19. The minimum absolute atomic E-state index is 0. The van der Waals surface area contributed by atoms with E-state index in [1.807, 2.05) is 48.5 Å². The average Bonchev–Trinajstić information content (AvgIpc) is 2.29. The lowest BCUT2D eigenvalue weighted by atomic mass is 10.2. The van der Waals surface area contributed by atoms with Gasteiger partial charge >= 0.3 is 0 Å². The van der Waals surface area contributed by atoms with Crippen molar-refractivity contribution in [1.29, 1.82) is 0 Å². The maximum Gasteiger partial charge on any atom is 0.134 e. The smallest absolute Gasteiger partial charge is 0.134 e. The summed E-state index contributed by atoms with van der Waals surface area (Å²) in [5, 5.41) is 0. The SMILES string of the molecule is Cl.Nc1ccc(OCc2ccccc2)c(Br)c1. The highest BCUT2D eigenvalue weighted by Crippen LogP contribution is 2.27. The molecule has 0 amide bonds. The van der Waals surface area contributed by atoms with Crippen LogP contribution in [0.5, 0.6) is 5.75 Å². The number of hydrogen-bond donors (Lipinski definition) is 1. The summed E-state index contributed by atoms with van der Waals surface area (Å²) in [6.45, 7) is 0.559. The molecule has 0 unspecified atom stereocenters. The maximum atomic E-state index is 5.68. The third kappa shape index (κ3) is 3.95. The molecule has 0 radical (unpaired) electrons. The molecule has 2 nitrogen and oxygen atoms in total. The molecule has 2 aromatic rings. The van der Waals surface area contributed by atoms with E-state index >= 15 is 0 Å². The molecule has 0 saturated heterocycles. The monoisotopic (exact) mass is 313 g/mol. The topological polar surface area (TPSA) is 35.2 Å². The van der Waals surface area contributed by atoms with Gasteiger partial charge in [0.05, 0.1) is 4.47 Å². The van der Waals surface area contributed by atoms with Crippen LogP contribution in [0.25, 0.3) is 0 Å². The maximum absolute atomic E-state index is 5.68. The highest BCUT2D eigenvalue weighted by molar-refractivity contribution is 9.10. The van der Waals surface area contributed by atoms with E-state index in [2.05, 4.69) is 15.9 Å². The zero-order valence-electron chi connectivity index (χ0n) is 9.10. The molecule has 0 heterocycles. The molecule has 0 aliphatic rings. The second-order valence-corrected chi connectivity index (χ2v) is 4.32. The van der Waals surface area contributed by atoms with Crippen LogP contribution in [0.2, 0.25) is 0 Å². The van der Waals surface area contributed by atoms with Crippen molar-refractivity contribution in [3.8, 4) is 5.75 Å². The molecule has 2 aromatic carbocycles. The fourth-order valence-corrected chi connectivity index (χ4v) is 1.88. The van der Waals surface area contributed by atoms with Crippen molar-refractivity contribution in [2.45, 2.75) is 6.61 Å². The van der Waals surface area contributed by atoms with Gasteiger partial charge in [0.25, 0.3) is 0 Å². The molecule has 0 fully saturated rings. The van der Waals surface area contributed by atoms with Gasteiger partial charge in [0, 0.05) is 5.69 Å². The Morgan fingerprint density at radius 1 is 1.06 bits per heavy atom. The highest BCUT2D eigenvalue weighted by Gasteiger charge is 2.01. The van der Waals surface area contributed by atoms with E-state index in [4.69, 9.17) is 10.5 Å². The lowest BCUT2D eigenvalue weighted by molar-refractivity contribution is 0.304. The van der Waals surface area contributed by atoms with Gasteiger partial charge < -0.3 is 10.5 Å². The Morgan fingerprint density at radius 2 is 1.76 bits per heavy atom. The van der Waals surface area contributed by atoms with Crippen LogP contribution in [0.15, 0.2) is 53.0 Å². The number of anilines is 1. The van der Waals surface area contributed by atoms with Gasteiger partial charge in [-0.1, -0.05) is 30.3 Å². The van der Waals surface area contributed by atoms with Crippen LogP contribution in [-0.2, 0) is 6.61 Å². The Kier molecular flexibility index (Phi) is 5.32. The first-order valence-corrected chi connectivity index (χ1v) is 5.77. The van der Waals surface area contributed by atoms with Crippen LogP contribution in [0.3, 0.4) is 0 Å². The normalized spacial score (nSPS) is 9.47. The molecule has 4 heteroatoms. The van der Waals surface area contributed by atoms with Gasteiger partial charge in [-0.15, -0.1) is 12.4 Å². The number of hydrogen-bond acceptors (Lipinski definition) is 2. The number of benzene rings is 2. The molecular formula is C13H13BrClNO. The van der Waals surface area contributed by atoms with E-state index in [1.54, 1.807) is 0 Å². The van der Waals surface area contributed by atoms with Crippen LogP contribution in [-0.4, -0.2) is 0 Å². The van der Waals surface area contributed by atoms with Crippen molar-refractivity contribution in [2.75, 3.05) is 5.73 Å². The zero-order valence-corrected chi connectivity index (χ0v) is 11.5. The Morgan fingerprint density at radius 3 is 2.41 bits per heavy atom. The van der Waals surface area contributed by atoms with E-state index in [0.29, 0.717) is 6.61 Å². The molecular weight excluding hydrogens is 302 g/mol. The first kappa shape index (κ1) is 13.9. The van der Waals surface area contributed by atoms with Crippen molar-refractivity contribution in [3.63, 3.8) is 0 Å². The van der Waals surface area contributed by atoms with Crippen molar-refractivity contribution >= 4 is 34.0 Å². The van der Waals surface area contributed by atoms with Gasteiger partial charge in [-0.05, 0) is 39.7 Å². The van der Waals surface area contributed by atoms with Gasteiger partial charge in [0.2, 0.25) is 0 Å². The Labute approximate surface area is 115 Å². The summed E-state index contributed by atoms with van der Waals surface area (Å²) in [4.78, 5) is 0. The van der Waals surface area contributed by atoms with Crippen molar-refractivity contribution in [3.05, 3.63) is 58.6 Å². The van der Waals surface area contributed by atoms with Gasteiger partial charge in [-0.2, -0.15) is 0 Å². The van der Waals surface area contributed by atoms with Crippen molar-refractivity contribution < 1.29 is 4.74 Å². The standard InChI is InChI=1S/C13H12BrNO.ClH/c14-12-8-11(15)6-7-13(12)16-9-10-4-2-1-3-5-10;/h1-8H,9,15H2;1H. The Balaban J connectivity index is 0.00000144. The predicted octanol–water partition coefficient (Wildman–Crippen LogP) is 4.03. The van der Waals surface area contributed by atoms with Crippen molar-refractivity contribution in [1.82, 2.24) is 0 Å². The summed E-state index contributed by atoms with van der Waals surface area (Å²) in [5.74, 6) is 0.804. The van der Waals surface area contributed by atoms with E-state index < -0.39 is 0 Å². The molecule has 2 N–H and O–H groups in total. The number of ether oxygens (including phenoxy) is 1. The predicted molar refractivity (Wildman–Crippen MR) is 76.6 cm³/mol. The minimum Gasteiger partial charge on any atom is -0.488 e. The van der Waals surface area contributed by atoms with Crippen LogP contribution < -0.4 is 10.5 Å². The summed E-state index contributed by atoms with van der Waals surface area (Å²) < 4.78 is 6.55. The second-order valence-electron chi connectivity index (χ2n) is 3.46. The van der Waals surface area contributed by atoms with Gasteiger partial charge in [0.15, 0.2) is 0 Å². The summed E-state index contributed by atoms with van der Waals surface area (Å²) >= 11 is 3.42. The molecule has 90 valence electrons. The molecule has 0 bridgehead atoms. The van der Waals surface area contributed by atoms with E-state index in [0.717, 1.165) is 21.5 Å². The largest absolute Gasteiger partial charge is 0.488 e. The van der Waals surface area contributed by atoms with Gasteiger partial charge in [-0.3, -0.25) is 0 Å². The van der Waals surface area contributed by atoms with Crippen LogP contribution in [0, 0.1) is 0 Å². The van der Waals surface area contributed by atoms with Crippen LogP contribution >= 0.6 is 28.3 Å². The van der Waals surface area contributed by atoms with Crippen LogP contribution in [0.1, 0.15) is 5.56 Å². The first-order valence-electron chi connectivity index (χ1n) is 4.97. The second kappa shape index (κ2) is 6.52. The van der Waals surface area contributed by atoms with Gasteiger partial charge in [0.1, 0.15) is 12.4 Å². The molecule has 17 heavy (non-hydrogen) atoms. The third-order valence-corrected chi connectivity index (χ3v) is 2.81. The molecule has 0 saturated carbocycles. The molecule has 0 aliphatic carbocycles. The molecule has 0 aliphatic heterocycles. The average molecular weight is 315 g/mol. The van der Waals surface area contributed by atoms with E-state index in [1.165, 1.54) is 0 Å². The summed E-state index contributed by atoms with van der Waals surface area (Å²) in [6, 6.07) is 15.6. The quantitative estimate of drug-likeness (QED) is 0.868. The number of halogens is 2. The minimum atomic E-state index is 0. The fourth-order valence-electron chi connectivity index (χ4n) is 1.37. The summed E-state index contributed by atoms with van der Waals surface area (Å²) in [7, 11) is 0. The van der Waals surface area contributed by atoms with Crippen molar-refractivity contribution in [2.24, 2.45) is 0 Å². The molecule has 0 atom stereocenters. The Hall–Kier alpha value is -1.19. The summed E-state index contributed by atoms with van der Waals surface area (Å²) in [5.41, 5.74) is 7.52. The summed E-state index contributed by atoms with van der Waals surface area (Å²) in [6.07, 6.45) is 0. The molecule has 2 rings (SSSR count). The lowest BCUT2D eigenvalue weighted by Crippen LogP contribution is -1.96. The zero-order chi connectivity index (χ0) is 11.4. The highest BCUT2D eigenvalue weighted by atomic mass is 79.9. The lowest BCUT2D eigenvalue weighted by Gasteiger charge is -2.08. The van der Waals surface area contributed by atoms with E-state index in [-0.39, 0.29) is 12.4 Å². The molecule has 0 aromatic heterocycles. The number of rotatable bonds is 3. The number of nitrogen functional groups attached to an aromatic ring is 1.